The zero-order valence-electron chi connectivity index (χ0n) is 8.20. The van der Waals surface area contributed by atoms with E-state index in [0.717, 1.165) is 16.8 Å². The average Bonchev–Trinajstić information content (AvgIpc) is 2.84. The molecule has 0 aliphatic rings. The zero-order valence-corrected chi connectivity index (χ0v) is 8.20. The van der Waals surface area contributed by atoms with E-state index in [4.69, 9.17) is 0 Å². The molecule has 0 aromatic carbocycles. The molecule has 15 heavy (non-hydrogen) atoms. The number of fused-ring (bicyclic) bond motifs is 1. The highest BCUT2D eigenvalue weighted by Crippen LogP contribution is 2.17. The molecule has 0 fully saturated rings. The molecule has 0 radical (unpaired) electrons. The molecule has 5 heteroatoms. The second-order valence-electron chi connectivity index (χ2n) is 3.38. The van der Waals surface area contributed by atoms with Gasteiger partial charge < -0.3 is 0 Å². The summed E-state index contributed by atoms with van der Waals surface area (Å²) in [6.07, 6.45) is 9.14. The first-order valence-electron chi connectivity index (χ1n) is 4.61. The molecule has 0 saturated heterocycles. The number of nitrogens with zero attached hydrogens (tertiary/aromatic N) is 5. The quantitative estimate of drug-likeness (QED) is 0.590. The molecule has 0 aliphatic carbocycles. The van der Waals surface area contributed by atoms with Gasteiger partial charge in [-0.05, 0) is 6.07 Å². The predicted octanol–water partition coefficient (Wildman–Crippen LogP) is 1.13. The fourth-order valence-electron chi connectivity index (χ4n) is 1.54. The summed E-state index contributed by atoms with van der Waals surface area (Å²) in [6.45, 7) is 0. The molecule has 3 aromatic rings. The lowest BCUT2D eigenvalue weighted by Gasteiger charge is -1.96. The lowest BCUT2D eigenvalue weighted by Crippen LogP contribution is -1.90. The first-order valence-corrected chi connectivity index (χ1v) is 4.61. The highest BCUT2D eigenvalue weighted by molar-refractivity contribution is 5.64. The number of aromatic nitrogens is 5. The average molecular weight is 199 g/mol. The minimum atomic E-state index is 0.844. The molecule has 0 aliphatic heterocycles. The van der Waals surface area contributed by atoms with Crippen molar-refractivity contribution in [3.05, 3.63) is 37.1 Å². The largest absolute Gasteiger partial charge is 0.275 e. The summed E-state index contributed by atoms with van der Waals surface area (Å²) in [5.41, 5.74) is 2.92. The molecule has 0 amide bonds. The third kappa shape index (κ3) is 1.28. The second kappa shape index (κ2) is 2.91. The molecule has 0 bridgehead atoms. The van der Waals surface area contributed by atoms with Gasteiger partial charge >= 0.3 is 0 Å². The van der Waals surface area contributed by atoms with E-state index < -0.39 is 0 Å². The Hall–Kier alpha value is -2.17. The summed E-state index contributed by atoms with van der Waals surface area (Å²) < 4.78 is 3.50. The molecular formula is C10H9N5. The Bertz CT molecular complexity index is 607. The lowest BCUT2D eigenvalue weighted by molar-refractivity contribution is 0.768. The van der Waals surface area contributed by atoms with Gasteiger partial charge in [-0.15, -0.1) is 0 Å². The van der Waals surface area contributed by atoms with Crippen LogP contribution in [0.2, 0.25) is 0 Å². The SMILES string of the molecule is Cn1cc(-c2cnn3ccnc3c2)cn1. The van der Waals surface area contributed by atoms with Crippen molar-refractivity contribution in [2.45, 2.75) is 0 Å². The second-order valence-corrected chi connectivity index (χ2v) is 3.38. The zero-order chi connectivity index (χ0) is 10.3. The van der Waals surface area contributed by atoms with Crippen LogP contribution in [-0.4, -0.2) is 24.4 Å². The van der Waals surface area contributed by atoms with Gasteiger partial charge in [0, 0.05) is 36.8 Å². The molecule has 3 heterocycles. The van der Waals surface area contributed by atoms with Gasteiger partial charge in [0.05, 0.1) is 12.4 Å². The molecule has 0 atom stereocenters. The van der Waals surface area contributed by atoms with E-state index in [1.807, 2.05) is 37.9 Å². The normalized spacial score (nSPS) is 11.0. The predicted molar refractivity (Wildman–Crippen MR) is 55.2 cm³/mol. The van der Waals surface area contributed by atoms with E-state index >= 15 is 0 Å². The van der Waals surface area contributed by atoms with E-state index in [-0.39, 0.29) is 0 Å². The van der Waals surface area contributed by atoms with E-state index in [9.17, 15) is 0 Å². The van der Waals surface area contributed by atoms with Crippen molar-refractivity contribution in [3.63, 3.8) is 0 Å². The summed E-state index contributed by atoms with van der Waals surface area (Å²) in [5.74, 6) is 0. The van der Waals surface area contributed by atoms with Crippen molar-refractivity contribution in [1.29, 1.82) is 0 Å². The fourth-order valence-corrected chi connectivity index (χ4v) is 1.54. The minimum absolute atomic E-state index is 0.844. The summed E-state index contributed by atoms with van der Waals surface area (Å²) in [4.78, 5) is 4.18. The molecule has 0 spiro atoms. The third-order valence-electron chi connectivity index (χ3n) is 2.29. The number of hydrogen-bond acceptors (Lipinski definition) is 3. The minimum Gasteiger partial charge on any atom is -0.275 e. The molecule has 3 aromatic heterocycles. The molecule has 0 saturated carbocycles. The van der Waals surface area contributed by atoms with Crippen LogP contribution in [-0.2, 0) is 7.05 Å². The molecule has 0 N–H and O–H groups in total. The van der Waals surface area contributed by atoms with E-state index in [0.29, 0.717) is 0 Å². The van der Waals surface area contributed by atoms with Crippen LogP contribution in [0.3, 0.4) is 0 Å². The van der Waals surface area contributed by atoms with Crippen molar-refractivity contribution in [2.75, 3.05) is 0 Å². The van der Waals surface area contributed by atoms with Crippen LogP contribution < -0.4 is 0 Å². The van der Waals surface area contributed by atoms with Gasteiger partial charge in [-0.3, -0.25) is 4.68 Å². The van der Waals surface area contributed by atoms with Crippen LogP contribution in [0.25, 0.3) is 16.8 Å². The highest BCUT2D eigenvalue weighted by atomic mass is 15.2. The van der Waals surface area contributed by atoms with Crippen LogP contribution in [0.5, 0.6) is 0 Å². The van der Waals surface area contributed by atoms with Gasteiger partial charge in [0.15, 0.2) is 5.65 Å². The number of imidazole rings is 1. The molecule has 3 rings (SSSR count). The van der Waals surface area contributed by atoms with Crippen LogP contribution in [0.4, 0.5) is 0 Å². The van der Waals surface area contributed by atoms with Crippen molar-refractivity contribution in [3.8, 4) is 11.1 Å². The summed E-state index contributed by atoms with van der Waals surface area (Å²) >= 11 is 0. The van der Waals surface area contributed by atoms with Crippen molar-refractivity contribution < 1.29 is 0 Å². The smallest absolute Gasteiger partial charge is 0.154 e. The Morgan fingerprint density at radius 2 is 2.00 bits per heavy atom. The first kappa shape index (κ1) is 8.16. The molecule has 5 nitrogen and oxygen atoms in total. The van der Waals surface area contributed by atoms with Gasteiger partial charge in [-0.1, -0.05) is 0 Å². The lowest BCUT2D eigenvalue weighted by atomic mass is 10.2. The Morgan fingerprint density at radius 3 is 2.80 bits per heavy atom. The Balaban J connectivity index is 2.18. The van der Waals surface area contributed by atoms with Gasteiger partial charge in [-0.25, -0.2) is 9.50 Å². The van der Waals surface area contributed by atoms with Crippen molar-refractivity contribution >= 4 is 5.65 Å². The Labute approximate surface area is 86.0 Å². The molecule has 0 unspecified atom stereocenters. The van der Waals surface area contributed by atoms with Gasteiger partial charge in [0.2, 0.25) is 0 Å². The fraction of sp³-hybridized carbons (Fsp3) is 0.100. The standard InChI is InChI=1S/C10H9N5/c1-14-7-9(6-12-14)8-4-10-11-2-3-15(10)13-5-8/h2-7H,1H3. The topological polar surface area (TPSA) is 48.0 Å². The molecular weight excluding hydrogens is 190 g/mol. The summed E-state index contributed by atoms with van der Waals surface area (Å²) in [5, 5.41) is 8.37. The van der Waals surface area contributed by atoms with E-state index in [1.54, 1.807) is 15.4 Å². The first-order chi connectivity index (χ1) is 7.33. The van der Waals surface area contributed by atoms with Gasteiger partial charge in [0.25, 0.3) is 0 Å². The van der Waals surface area contributed by atoms with Gasteiger partial charge in [0.1, 0.15) is 0 Å². The van der Waals surface area contributed by atoms with Crippen LogP contribution in [0, 0.1) is 0 Å². The maximum atomic E-state index is 4.24. The monoisotopic (exact) mass is 199 g/mol. The van der Waals surface area contributed by atoms with Gasteiger partial charge in [-0.2, -0.15) is 10.2 Å². The van der Waals surface area contributed by atoms with Crippen LogP contribution in [0.1, 0.15) is 0 Å². The summed E-state index contributed by atoms with van der Waals surface area (Å²) in [7, 11) is 1.89. The molecule has 74 valence electrons. The Kier molecular flexibility index (Phi) is 1.58. The van der Waals surface area contributed by atoms with Crippen molar-refractivity contribution in [2.24, 2.45) is 7.05 Å². The number of rotatable bonds is 1. The van der Waals surface area contributed by atoms with E-state index in [1.165, 1.54) is 0 Å². The highest BCUT2D eigenvalue weighted by Gasteiger charge is 2.02. The number of hydrogen-bond donors (Lipinski definition) is 0. The van der Waals surface area contributed by atoms with E-state index in [2.05, 4.69) is 15.2 Å². The van der Waals surface area contributed by atoms with Crippen LogP contribution >= 0.6 is 0 Å². The summed E-state index contributed by atoms with van der Waals surface area (Å²) in [6, 6.07) is 1.99. The maximum Gasteiger partial charge on any atom is 0.154 e. The van der Waals surface area contributed by atoms with Crippen LogP contribution in [0.15, 0.2) is 37.1 Å². The maximum absolute atomic E-state index is 4.24. The number of aryl methyl sites for hydroxylation is 1. The third-order valence-corrected chi connectivity index (χ3v) is 2.29. The Morgan fingerprint density at radius 1 is 1.13 bits per heavy atom. The van der Waals surface area contributed by atoms with Crippen molar-refractivity contribution in [1.82, 2.24) is 24.4 Å².